The van der Waals surface area contributed by atoms with Gasteiger partial charge in [0.25, 0.3) is 0 Å². The van der Waals surface area contributed by atoms with E-state index in [4.69, 9.17) is 16.0 Å². The van der Waals surface area contributed by atoms with Gasteiger partial charge in [0.1, 0.15) is 11.4 Å². The van der Waals surface area contributed by atoms with Crippen LogP contribution in [0.5, 0.6) is 5.75 Å². The normalized spacial score (nSPS) is 20.5. The summed E-state index contributed by atoms with van der Waals surface area (Å²) < 4.78 is 10.8. The van der Waals surface area contributed by atoms with Crippen LogP contribution in [0.2, 0.25) is 0 Å². The van der Waals surface area contributed by atoms with Crippen LogP contribution in [-0.2, 0) is 11.2 Å². The Kier molecular flexibility index (Phi) is 5.71. The predicted octanol–water partition coefficient (Wildman–Crippen LogP) is 3.99. The number of carbonyl (C=O) groups excluding carboxylic acids is 1. The first-order valence-corrected chi connectivity index (χ1v) is 8.31. The molecule has 24 heavy (non-hydrogen) atoms. The van der Waals surface area contributed by atoms with Crippen molar-refractivity contribution in [1.82, 2.24) is 4.90 Å². The molecule has 1 aromatic rings. The minimum absolute atomic E-state index is 0.0374. The maximum Gasteiger partial charge on any atom is 0.410 e. The van der Waals surface area contributed by atoms with Crippen molar-refractivity contribution in [2.45, 2.75) is 39.7 Å². The summed E-state index contributed by atoms with van der Waals surface area (Å²) in [6, 6.07) is 7.85. The lowest BCUT2D eigenvalue weighted by atomic mass is 9.91. The first-order chi connectivity index (χ1) is 11.3. The van der Waals surface area contributed by atoms with Gasteiger partial charge in [0.2, 0.25) is 0 Å². The van der Waals surface area contributed by atoms with E-state index in [1.165, 1.54) is 5.56 Å². The quantitative estimate of drug-likeness (QED) is 0.784. The zero-order valence-corrected chi connectivity index (χ0v) is 14.9. The van der Waals surface area contributed by atoms with Crippen molar-refractivity contribution >= 4 is 6.09 Å². The smallest absolute Gasteiger partial charge is 0.410 e. The molecule has 0 aromatic heterocycles. The van der Waals surface area contributed by atoms with E-state index in [-0.39, 0.29) is 12.8 Å². The maximum absolute atomic E-state index is 12.2. The molecule has 1 saturated heterocycles. The van der Waals surface area contributed by atoms with E-state index in [9.17, 15) is 4.79 Å². The van der Waals surface area contributed by atoms with Gasteiger partial charge in [-0.2, -0.15) is 0 Å². The molecule has 0 bridgehead atoms. The monoisotopic (exact) mass is 330 g/mol. The molecule has 0 aliphatic carbocycles. The lowest BCUT2D eigenvalue weighted by Crippen LogP contribution is -2.35. The van der Waals surface area contributed by atoms with Crippen LogP contribution in [0.4, 0.5) is 4.79 Å². The van der Waals surface area contributed by atoms with Gasteiger partial charge in [-0.15, -0.1) is 0 Å². The largest absolute Gasteiger partial charge is 0.444 e. The fraction of sp³-hybridized carbons (Fsp3) is 0.579. The minimum Gasteiger partial charge on any atom is -0.444 e. The average Bonchev–Trinajstić information content (AvgIpc) is 2.85. The van der Waals surface area contributed by atoms with Crippen LogP contribution in [0, 0.1) is 18.4 Å². The number of benzene rings is 1. The summed E-state index contributed by atoms with van der Waals surface area (Å²) in [5, 5.41) is 0. The van der Waals surface area contributed by atoms with Crippen LogP contribution in [0.15, 0.2) is 24.3 Å². The number of amides is 1. The molecule has 1 aromatic carbocycles. The van der Waals surface area contributed by atoms with Crippen molar-refractivity contribution in [2.24, 2.45) is 11.8 Å². The number of hydrogen-bond acceptors (Lipinski definition) is 3. The Bertz CT molecular complexity index is 616. The molecule has 5 nitrogen and oxygen atoms in total. The summed E-state index contributed by atoms with van der Waals surface area (Å²) in [5.41, 5.74) is 0.702. The molecule has 0 spiro atoms. The van der Waals surface area contributed by atoms with E-state index in [1.54, 1.807) is 4.90 Å². The van der Waals surface area contributed by atoms with Gasteiger partial charge in [-0.25, -0.2) is 11.4 Å². The number of ether oxygens (including phenoxy) is 2. The molecule has 0 saturated carbocycles. The van der Waals surface area contributed by atoms with Gasteiger partial charge in [0.05, 0.1) is 0 Å². The van der Waals surface area contributed by atoms with Crippen molar-refractivity contribution in [1.29, 1.82) is 0 Å². The molecule has 2 rings (SSSR count). The molecule has 130 valence electrons. The summed E-state index contributed by atoms with van der Waals surface area (Å²) in [6.07, 6.45) is 0.654. The highest BCUT2D eigenvalue weighted by molar-refractivity contribution is 5.68. The molecule has 0 N–H and O–H groups in total. The molecule has 0 radical (unpaired) electrons. The van der Waals surface area contributed by atoms with Crippen LogP contribution < -0.4 is 4.74 Å². The predicted molar refractivity (Wildman–Crippen MR) is 92.7 cm³/mol. The number of rotatable bonds is 4. The van der Waals surface area contributed by atoms with Gasteiger partial charge in [-0.1, -0.05) is 19.1 Å². The number of nitrogens with zero attached hydrogens (tertiary/aromatic N) is 2. The number of carbonyl (C=O) groups is 1. The maximum atomic E-state index is 12.2. The second kappa shape index (κ2) is 7.57. The van der Waals surface area contributed by atoms with Crippen LogP contribution >= 0.6 is 0 Å². The van der Waals surface area contributed by atoms with Crippen LogP contribution in [-0.4, -0.2) is 36.4 Å². The Hall–Kier alpha value is -2.22. The van der Waals surface area contributed by atoms with E-state index in [0.717, 1.165) is 18.7 Å². The SMILES string of the molecule is [C-]#[N+]COc1cccc(C[C@@H]2CN(C(=O)OC(C)(C)C)C[C@@H]2C)c1. The summed E-state index contributed by atoms with van der Waals surface area (Å²) in [5.74, 6) is 1.54. The van der Waals surface area contributed by atoms with Crippen LogP contribution in [0.25, 0.3) is 4.85 Å². The highest BCUT2D eigenvalue weighted by Crippen LogP contribution is 2.28. The van der Waals surface area contributed by atoms with Crippen molar-refractivity contribution in [3.63, 3.8) is 0 Å². The lowest BCUT2D eigenvalue weighted by Gasteiger charge is -2.24. The third kappa shape index (κ3) is 5.16. The number of likely N-dealkylation sites (tertiary alicyclic amines) is 1. The molecular formula is C19H26N2O3. The van der Waals surface area contributed by atoms with E-state index in [1.807, 2.05) is 39.0 Å². The van der Waals surface area contributed by atoms with Gasteiger partial charge >= 0.3 is 12.8 Å². The lowest BCUT2D eigenvalue weighted by molar-refractivity contribution is 0.0284. The molecule has 1 heterocycles. The molecule has 1 aliphatic rings. The highest BCUT2D eigenvalue weighted by atomic mass is 16.6. The molecule has 1 aliphatic heterocycles. The Labute approximate surface area is 144 Å². The fourth-order valence-electron chi connectivity index (χ4n) is 2.95. The Morgan fingerprint density at radius 2 is 2.12 bits per heavy atom. The van der Waals surface area contributed by atoms with Gasteiger partial charge in [0, 0.05) is 13.1 Å². The minimum atomic E-state index is -0.465. The second-order valence-corrected chi connectivity index (χ2v) is 7.41. The first kappa shape index (κ1) is 18.1. The van der Waals surface area contributed by atoms with Crippen molar-refractivity contribution < 1.29 is 14.3 Å². The molecule has 5 heteroatoms. The van der Waals surface area contributed by atoms with Gasteiger partial charge < -0.3 is 14.4 Å². The fourth-order valence-corrected chi connectivity index (χ4v) is 2.95. The van der Waals surface area contributed by atoms with Gasteiger partial charge in [-0.05, 0) is 56.7 Å². The van der Waals surface area contributed by atoms with E-state index in [0.29, 0.717) is 18.4 Å². The summed E-state index contributed by atoms with van der Waals surface area (Å²) in [4.78, 5) is 17.2. The van der Waals surface area contributed by atoms with Gasteiger partial charge in [-0.3, -0.25) is 4.85 Å². The van der Waals surface area contributed by atoms with Crippen molar-refractivity contribution in [3.05, 3.63) is 41.2 Å². The molecule has 0 unspecified atom stereocenters. The zero-order valence-electron chi connectivity index (χ0n) is 14.9. The summed E-state index contributed by atoms with van der Waals surface area (Å²) >= 11 is 0. The Morgan fingerprint density at radius 1 is 1.38 bits per heavy atom. The number of hydrogen-bond donors (Lipinski definition) is 0. The van der Waals surface area contributed by atoms with Crippen molar-refractivity contribution in [2.75, 3.05) is 19.8 Å². The topological polar surface area (TPSA) is 43.1 Å². The Morgan fingerprint density at radius 3 is 2.79 bits per heavy atom. The standard InChI is InChI=1S/C19H26N2O3/c1-14-11-21(18(22)24-19(2,3)4)12-16(14)9-15-7-6-8-17(10-15)23-13-20-5/h6-8,10,14,16H,9,11-13H2,1-4H3/t14-,16+/m0/s1. The van der Waals surface area contributed by atoms with Crippen molar-refractivity contribution in [3.8, 4) is 5.75 Å². The molecule has 1 fully saturated rings. The second-order valence-electron chi connectivity index (χ2n) is 7.41. The third-order valence-corrected chi connectivity index (χ3v) is 4.11. The van der Waals surface area contributed by atoms with Crippen LogP contribution in [0.3, 0.4) is 0 Å². The third-order valence-electron chi connectivity index (χ3n) is 4.11. The van der Waals surface area contributed by atoms with E-state index < -0.39 is 5.60 Å². The van der Waals surface area contributed by atoms with E-state index in [2.05, 4.69) is 17.8 Å². The first-order valence-electron chi connectivity index (χ1n) is 8.31. The van der Waals surface area contributed by atoms with Gasteiger partial charge in [0.15, 0.2) is 0 Å². The zero-order chi connectivity index (χ0) is 17.7. The molecule has 1 amide bonds. The summed E-state index contributed by atoms with van der Waals surface area (Å²) in [6.45, 7) is 16.1. The Balaban J connectivity index is 1.96. The highest BCUT2D eigenvalue weighted by Gasteiger charge is 2.34. The summed E-state index contributed by atoms with van der Waals surface area (Å²) in [7, 11) is 0. The van der Waals surface area contributed by atoms with Crippen LogP contribution in [0.1, 0.15) is 33.3 Å². The molecular weight excluding hydrogens is 304 g/mol. The van der Waals surface area contributed by atoms with E-state index >= 15 is 0 Å². The molecule has 2 atom stereocenters. The average molecular weight is 330 g/mol.